The van der Waals surface area contributed by atoms with Crippen LogP contribution >= 0.6 is 0 Å². The van der Waals surface area contributed by atoms with Gasteiger partial charge in [0.05, 0.1) is 9.79 Å². The van der Waals surface area contributed by atoms with E-state index in [0.29, 0.717) is 10.9 Å². The van der Waals surface area contributed by atoms with E-state index < -0.39 is 9.84 Å². The summed E-state index contributed by atoms with van der Waals surface area (Å²) in [5.41, 5.74) is 1.55. The van der Waals surface area contributed by atoms with Gasteiger partial charge in [-0.15, -0.1) is 0 Å². The number of carbonyl (C=O) groups excluding carboxylic acids is 1. The molecule has 0 saturated heterocycles. The summed E-state index contributed by atoms with van der Waals surface area (Å²) in [6, 6.07) is 26.0. The quantitative estimate of drug-likeness (QED) is 0.432. The first-order valence-corrected chi connectivity index (χ1v) is 11.0. The van der Waals surface area contributed by atoms with Crippen molar-refractivity contribution in [3.05, 3.63) is 102 Å². The molecule has 4 rings (SSSR count). The molecule has 0 aliphatic carbocycles. The zero-order valence-corrected chi connectivity index (χ0v) is 17.6. The van der Waals surface area contributed by atoms with E-state index in [2.05, 4.69) is 0 Å². The van der Waals surface area contributed by atoms with Gasteiger partial charge in [-0.05, 0) is 24.3 Å². The Labute approximate surface area is 176 Å². The van der Waals surface area contributed by atoms with Crippen LogP contribution in [0.4, 0.5) is 5.69 Å². The molecule has 0 N–H and O–H groups in total. The van der Waals surface area contributed by atoms with Crippen LogP contribution in [0.25, 0.3) is 10.8 Å². The third-order valence-corrected chi connectivity index (χ3v) is 6.96. The normalized spacial score (nSPS) is 11.4. The van der Waals surface area contributed by atoms with E-state index in [0.717, 1.165) is 11.1 Å². The smallest absolute Gasteiger partial charge is 0.207 e. The highest BCUT2D eigenvalue weighted by Gasteiger charge is 2.26. The number of anilines is 1. The molecular formula is C25H21NO3S. The number of nitrogens with zero attached hydrogens (tertiary/aromatic N) is 1. The summed E-state index contributed by atoms with van der Waals surface area (Å²) in [7, 11) is -0.0902. The van der Waals surface area contributed by atoms with Crippen molar-refractivity contribution >= 4 is 32.1 Å². The number of rotatable bonds is 5. The van der Waals surface area contributed by atoms with Crippen LogP contribution < -0.4 is 4.90 Å². The number of benzene rings is 4. The summed E-state index contributed by atoms with van der Waals surface area (Å²) in [6.07, 6.45) is 0. The lowest BCUT2D eigenvalue weighted by molar-refractivity contribution is 0.103. The molecule has 0 spiro atoms. The second-order valence-electron chi connectivity index (χ2n) is 7.22. The molecule has 5 heteroatoms. The van der Waals surface area contributed by atoms with Gasteiger partial charge in [0.25, 0.3) is 0 Å². The third kappa shape index (κ3) is 3.37. The van der Waals surface area contributed by atoms with E-state index in [9.17, 15) is 13.2 Å². The molecule has 0 aliphatic heterocycles. The van der Waals surface area contributed by atoms with Gasteiger partial charge in [0.15, 0.2) is 5.78 Å². The predicted molar refractivity (Wildman–Crippen MR) is 120 cm³/mol. The molecule has 0 bridgehead atoms. The third-order valence-electron chi connectivity index (χ3n) is 5.09. The van der Waals surface area contributed by atoms with Crippen LogP contribution in [0.1, 0.15) is 15.9 Å². The average Bonchev–Trinajstić information content (AvgIpc) is 2.78. The summed E-state index contributed by atoms with van der Waals surface area (Å²) in [5.74, 6) is -0.316. The summed E-state index contributed by atoms with van der Waals surface area (Å²) in [4.78, 5) is 15.2. The first kappa shape index (κ1) is 19.9. The molecule has 4 aromatic rings. The Morgan fingerprint density at radius 3 is 2.00 bits per heavy atom. The molecule has 0 radical (unpaired) electrons. The number of hydrogen-bond donors (Lipinski definition) is 0. The summed E-state index contributed by atoms with van der Waals surface area (Å²) in [6.45, 7) is 0. The van der Waals surface area contributed by atoms with Crippen LogP contribution in [-0.2, 0) is 9.84 Å². The minimum Gasteiger partial charge on any atom is -0.377 e. The van der Waals surface area contributed by atoms with E-state index in [-0.39, 0.29) is 21.1 Å². The van der Waals surface area contributed by atoms with Crippen molar-refractivity contribution in [1.82, 2.24) is 0 Å². The molecule has 0 aromatic heterocycles. The van der Waals surface area contributed by atoms with Crippen molar-refractivity contribution in [2.24, 2.45) is 0 Å². The van der Waals surface area contributed by atoms with Crippen molar-refractivity contribution in [1.29, 1.82) is 0 Å². The van der Waals surface area contributed by atoms with Crippen LogP contribution in [0, 0.1) is 0 Å². The lowest BCUT2D eigenvalue weighted by Gasteiger charge is -2.17. The Morgan fingerprint density at radius 1 is 0.667 bits per heavy atom. The Balaban J connectivity index is 1.93. The van der Waals surface area contributed by atoms with Gasteiger partial charge in [0, 0.05) is 41.7 Å². The van der Waals surface area contributed by atoms with E-state index in [4.69, 9.17) is 0 Å². The van der Waals surface area contributed by atoms with Gasteiger partial charge in [-0.25, -0.2) is 8.42 Å². The molecule has 0 saturated carbocycles. The van der Waals surface area contributed by atoms with Crippen molar-refractivity contribution in [2.45, 2.75) is 9.79 Å². The highest BCUT2D eigenvalue weighted by molar-refractivity contribution is 7.91. The fraction of sp³-hybridized carbons (Fsp3) is 0.0800. The van der Waals surface area contributed by atoms with E-state index in [1.54, 1.807) is 60.7 Å². The first-order valence-electron chi connectivity index (χ1n) is 9.54. The number of carbonyl (C=O) groups is 1. The maximum Gasteiger partial charge on any atom is 0.207 e. The molecule has 0 aliphatic rings. The van der Waals surface area contributed by atoms with Crippen LogP contribution in [-0.4, -0.2) is 28.3 Å². The summed E-state index contributed by atoms with van der Waals surface area (Å²) < 4.78 is 27.4. The number of sulfone groups is 1. The Hall–Kier alpha value is -3.44. The van der Waals surface area contributed by atoms with Gasteiger partial charge >= 0.3 is 0 Å². The number of ketones is 1. The zero-order valence-electron chi connectivity index (χ0n) is 16.7. The summed E-state index contributed by atoms with van der Waals surface area (Å²) >= 11 is 0. The van der Waals surface area contributed by atoms with Gasteiger partial charge in [-0.2, -0.15) is 0 Å². The Morgan fingerprint density at radius 2 is 1.27 bits per heavy atom. The van der Waals surface area contributed by atoms with Crippen molar-refractivity contribution in [3.8, 4) is 0 Å². The zero-order chi connectivity index (χ0) is 21.3. The fourth-order valence-corrected chi connectivity index (χ4v) is 5.31. The lowest BCUT2D eigenvalue weighted by atomic mass is 10.0. The lowest BCUT2D eigenvalue weighted by Crippen LogP contribution is -2.12. The molecule has 0 atom stereocenters. The van der Waals surface area contributed by atoms with Crippen LogP contribution in [0.15, 0.2) is 101 Å². The molecule has 30 heavy (non-hydrogen) atoms. The maximum atomic E-state index is 13.7. The van der Waals surface area contributed by atoms with E-state index in [1.807, 2.05) is 43.3 Å². The van der Waals surface area contributed by atoms with Gasteiger partial charge < -0.3 is 4.90 Å². The largest absolute Gasteiger partial charge is 0.377 e. The average molecular weight is 416 g/mol. The number of hydrogen-bond acceptors (Lipinski definition) is 4. The highest BCUT2D eigenvalue weighted by atomic mass is 32.2. The van der Waals surface area contributed by atoms with Crippen molar-refractivity contribution < 1.29 is 13.2 Å². The molecule has 0 unspecified atom stereocenters. The standard InChI is InChI=1S/C25H21NO3S/c1-26(2)22-15-8-14-20-19(22)13-9-17-23(20)30(28,29)24-16-7-6-12-21(24)25(27)18-10-4-3-5-11-18/h3-17H,1-2H3. The first-order chi connectivity index (χ1) is 14.4. The second kappa shape index (κ2) is 7.76. The van der Waals surface area contributed by atoms with Crippen molar-refractivity contribution in [2.75, 3.05) is 19.0 Å². The van der Waals surface area contributed by atoms with Gasteiger partial charge in [0.1, 0.15) is 0 Å². The second-order valence-corrected chi connectivity index (χ2v) is 9.10. The molecule has 4 nitrogen and oxygen atoms in total. The molecule has 4 aromatic carbocycles. The molecule has 0 fully saturated rings. The van der Waals surface area contributed by atoms with E-state index >= 15 is 0 Å². The fourth-order valence-electron chi connectivity index (χ4n) is 3.64. The van der Waals surface area contributed by atoms with Crippen LogP contribution in [0.3, 0.4) is 0 Å². The van der Waals surface area contributed by atoms with Gasteiger partial charge in [0.2, 0.25) is 9.84 Å². The van der Waals surface area contributed by atoms with Crippen LogP contribution in [0.5, 0.6) is 0 Å². The summed E-state index contributed by atoms with van der Waals surface area (Å²) in [5, 5.41) is 1.47. The monoisotopic (exact) mass is 415 g/mol. The Kier molecular flexibility index (Phi) is 5.14. The van der Waals surface area contributed by atoms with Crippen molar-refractivity contribution in [3.63, 3.8) is 0 Å². The van der Waals surface area contributed by atoms with Gasteiger partial charge in [-0.3, -0.25) is 4.79 Å². The Bertz CT molecular complexity index is 1340. The topological polar surface area (TPSA) is 54.5 Å². The molecular weight excluding hydrogens is 394 g/mol. The van der Waals surface area contributed by atoms with Crippen LogP contribution in [0.2, 0.25) is 0 Å². The minimum absolute atomic E-state index is 0.0154. The van der Waals surface area contributed by atoms with Gasteiger partial charge in [-0.1, -0.05) is 66.7 Å². The predicted octanol–water partition coefficient (Wildman–Crippen LogP) is 4.97. The SMILES string of the molecule is CN(C)c1cccc2c(S(=O)(=O)c3ccccc3C(=O)c3ccccc3)cccc12. The minimum atomic E-state index is -3.93. The molecule has 150 valence electrons. The number of fused-ring (bicyclic) bond motifs is 1. The molecule has 0 heterocycles. The maximum absolute atomic E-state index is 13.7. The molecule has 0 amide bonds. The highest BCUT2D eigenvalue weighted by Crippen LogP contribution is 2.34. The van der Waals surface area contributed by atoms with E-state index in [1.165, 1.54) is 6.07 Å².